The molecule has 0 radical (unpaired) electrons. The van der Waals surface area contributed by atoms with E-state index < -0.39 is 0 Å². The van der Waals surface area contributed by atoms with Gasteiger partial charge in [0.25, 0.3) is 0 Å². The fraction of sp³-hybridized carbons (Fsp3) is 0.647. The van der Waals surface area contributed by atoms with Crippen LogP contribution in [0.25, 0.3) is 0 Å². The molecule has 0 bridgehead atoms. The van der Waals surface area contributed by atoms with Crippen molar-refractivity contribution < 1.29 is 4.74 Å². The molecule has 1 aliphatic carbocycles. The Hall–Kier alpha value is -0.570. The van der Waals surface area contributed by atoms with Gasteiger partial charge in [-0.2, -0.15) is 0 Å². The fourth-order valence-corrected chi connectivity index (χ4v) is 3.76. The van der Waals surface area contributed by atoms with E-state index in [1.165, 1.54) is 37.7 Å². The molecule has 0 amide bonds. The molecule has 1 aliphatic heterocycles. The molecule has 3 heteroatoms. The van der Waals surface area contributed by atoms with Gasteiger partial charge in [0.1, 0.15) is 0 Å². The first kappa shape index (κ1) is 14.4. The van der Waals surface area contributed by atoms with Gasteiger partial charge in [0.15, 0.2) is 0 Å². The molecule has 0 N–H and O–H groups in total. The molecule has 0 spiro atoms. The molecule has 20 heavy (non-hydrogen) atoms. The summed E-state index contributed by atoms with van der Waals surface area (Å²) in [6.45, 7) is 2.87. The van der Waals surface area contributed by atoms with Gasteiger partial charge in [-0.15, -0.1) is 0 Å². The molecule has 1 aromatic carbocycles. The summed E-state index contributed by atoms with van der Waals surface area (Å²) in [5, 5.41) is 0.817. The summed E-state index contributed by atoms with van der Waals surface area (Å²) in [6, 6.07) is 9.60. The van der Waals surface area contributed by atoms with Crippen molar-refractivity contribution in [1.29, 1.82) is 0 Å². The molecule has 2 aliphatic rings. The van der Waals surface area contributed by atoms with Gasteiger partial charge in [-0.05, 0) is 37.0 Å². The topological polar surface area (TPSA) is 12.5 Å². The number of hydrogen-bond donors (Lipinski definition) is 0. The largest absolute Gasteiger partial charge is 0.378 e. The minimum atomic E-state index is 0.535. The quantitative estimate of drug-likeness (QED) is 0.837. The van der Waals surface area contributed by atoms with Gasteiger partial charge in [-0.1, -0.05) is 43.0 Å². The van der Waals surface area contributed by atoms with Gasteiger partial charge in [-0.3, -0.25) is 4.90 Å². The number of hydrogen-bond acceptors (Lipinski definition) is 2. The molecule has 2 nitrogen and oxygen atoms in total. The Labute approximate surface area is 127 Å². The summed E-state index contributed by atoms with van der Waals surface area (Å²) in [5.74, 6) is 0. The van der Waals surface area contributed by atoms with E-state index in [2.05, 4.69) is 17.0 Å². The summed E-state index contributed by atoms with van der Waals surface area (Å²) in [4.78, 5) is 2.72. The molecule has 1 atom stereocenters. The van der Waals surface area contributed by atoms with Crippen LogP contribution in [-0.4, -0.2) is 36.7 Å². The van der Waals surface area contributed by atoms with Crippen LogP contribution in [0.1, 0.15) is 37.7 Å². The maximum Gasteiger partial charge on any atom is 0.0625 e. The highest BCUT2D eigenvalue weighted by Crippen LogP contribution is 2.27. The zero-order valence-corrected chi connectivity index (χ0v) is 12.8. The third-order valence-electron chi connectivity index (χ3n) is 4.70. The first-order valence-corrected chi connectivity index (χ1v) is 8.28. The van der Waals surface area contributed by atoms with Crippen molar-refractivity contribution in [2.24, 2.45) is 0 Å². The Bertz CT molecular complexity index is 414. The predicted molar refractivity (Wildman–Crippen MR) is 83.3 cm³/mol. The number of morpholine rings is 1. The Morgan fingerprint density at radius 1 is 1.10 bits per heavy atom. The van der Waals surface area contributed by atoms with E-state index in [-0.39, 0.29) is 0 Å². The summed E-state index contributed by atoms with van der Waals surface area (Å²) < 4.78 is 5.73. The van der Waals surface area contributed by atoms with Crippen LogP contribution in [0.15, 0.2) is 24.3 Å². The summed E-state index contributed by atoms with van der Waals surface area (Å²) in [7, 11) is 0. The third-order valence-corrected chi connectivity index (χ3v) is 4.95. The zero-order chi connectivity index (χ0) is 13.8. The first-order valence-electron chi connectivity index (χ1n) is 7.91. The van der Waals surface area contributed by atoms with Gasteiger partial charge in [0.05, 0.1) is 13.2 Å². The lowest BCUT2D eigenvalue weighted by molar-refractivity contribution is -0.0356. The van der Waals surface area contributed by atoms with Crippen molar-refractivity contribution in [3.8, 4) is 0 Å². The molecule has 1 saturated carbocycles. The van der Waals surface area contributed by atoms with E-state index in [0.717, 1.165) is 37.2 Å². The monoisotopic (exact) mass is 293 g/mol. The minimum absolute atomic E-state index is 0.535. The van der Waals surface area contributed by atoms with E-state index >= 15 is 0 Å². The molecule has 2 fully saturated rings. The van der Waals surface area contributed by atoms with Crippen LogP contribution in [0, 0.1) is 0 Å². The van der Waals surface area contributed by atoms with Crippen LogP contribution in [0.2, 0.25) is 5.02 Å². The highest BCUT2D eigenvalue weighted by molar-refractivity contribution is 6.30. The lowest BCUT2D eigenvalue weighted by atomic mass is 9.91. The number of halogens is 1. The average Bonchev–Trinajstić information content (AvgIpc) is 2.51. The van der Waals surface area contributed by atoms with Crippen LogP contribution >= 0.6 is 11.6 Å². The van der Waals surface area contributed by atoms with Gasteiger partial charge in [0, 0.05) is 23.7 Å². The second kappa shape index (κ2) is 6.93. The van der Waals surface area contributed by atoms with Crippen molar-refractivity contribution in [3.63, 3.8) is 0 Å². The maximum absolute atomic E-state index is 5.97. The molecule has 110 valence electrons. The molecule has 3 rings (SSSR count). The maximum atomic E-state index is 5.97. The van der Waals surface area contributed by atoms with Gasteiger partial charge in [-0.25, -0.2) is 0 Å². The standard InChI is InChI=1S/C17H24ClNO/c18-15-8-6-14(7-9-15)12-17-13-20-11-10-19(17)16-4-2-1-3-5-16/h6-9,16-17H,1-5,10-13H2. The smallest absolute Gasteiger partial charge is 0.0625 e. The molecule has 1 unspecified atom stereocenters. The molecule has 1 heterocycles. The van der Waals surface area contributed by atoms with Crippen LogP contribution in [0.4, 0.5) is 0 Å². The van der Waals surface area contributed by atoms with E-state index in [1.54, 1.807) is 0 Å². The Kier molecular flexibility index (Phi) is 4.98. The van der Waals surface area contributed by atoms with Crippen molar-refractivity contribution in [2.45, 2.75) is 50.6 Å². The molecule has 0 aromatic heterocycles. The zero-order valence-electron chi connectivity index (χ0n) is 12.1. The number of ether oxygens (including phenoxy) is 1. The van der Waals surface area contributed by atoms with Crippen molar-refractivity contribution in [3.05, 3.63) is 34.9 Å². The highest BCUT2D eigenvalue weighted by Gasteiger charge is 2.30. The van der Waals surface area contributed by atoms with Gasteiger partial charge < -0.3 is 4.74 Å². The van der Waals surface area contributed by atoms with Crippen LogP contribution in [-0.2, 0) is 11.2 Å². The number of benzene rings is 1. The normalized spacial score (nSPS) is 25.8. The second-order valence-corrected chi connectivity index (χ2v) is 6.53. The summed E-state index contributed by atoms with van der Waals surface area (Å²) >= 11 is 5.97. The van der Waals surface area contributed by atoms with E-state index in [0.29, 0.717) is 6.04 Å². The Morgan fingerprint density at radius 3 is 2.60 bits per heavy atom. The van der Waals surface area contributed by atoms with Crippen molar-refractivity contribution >= 4 is 11.6 Å². The van der Waals surface area contributed by atoms with E-state index in [9.17, 15) is 0 Å². The van der Waals surface area contributed by atoms with Gasteiger partial charge >= 0.3 is 0 Å². The molecular weight excluding hydrogens is 270 g/mol. The van der Waals surface area contributed by atoms with Crippen molar-refractivity contribution in [2.75, 3.05) is 19.8 Å². The van der Waals surface area contributed by atoms with Crippen LogP contribution in [0.3, 0.4) is 0 Å². The van der Waals surface area contributed by atoms with Crippen LogP contribution in [0.5, 0.6) is 0 Å². The van der Waals surface area contributed by atoms with Gasteiger partial charge in [0.2, 0.25) is 0 Å². The highest BCUT2D eigenvalue weighted by atomic mass is 35.5. The molecule has 1 aromatic rings. The SMILES string of the molecule is Clc1ccc(CC2COCCN2C2CCCCC2)cc1. The van der Waals surface area contributed by atoms with E-state index in [4.69, 9.17) is 16.3 Å². The van der Waals surface area contributed by atoms with E-state index in [1.807, 2.05) is 12.1 Å². The second-order valence-electron chi connectivity index (χ2n) is 6.09. The minimum Gasteiger partial charge on any atom is -0.378 e. The lowest BCUT2D eigenvalue weighted by Crippen LogP contribution is -2.52. The van der Waals surface area contributed by atoms with Crippen LogP contribution < -0.4 is 0 Å². The molecule has 1 saturated heterocycles. The Morgan fingerprint density at radius 2 is 1.85 bits per heavy atom. The molecular formula is C17H24ClNO. The first-order chi connectivity index (χ1) is 9.83. The fourth-order valence-electron chi connectivity index (χ4n) is 3.63. The van der Waals surface area contributed by atoms with Crippen molar-refractivity contribution in [1.82, 2.24) is 4.90 Å². The lowest BCUT2D eigenvalue weighted by Gasteiger charge is -2.42. The Balaban J connectivity index is 1.66. The predicted octanol–water partition coefficient (Wildman–Crippen LogP) is 3.92. The number of nitrogens with zero attached hydrogens (tertiary/aromatic N) is 1. The number of rotatable bonds is 3. The summed E-state index contributed by atoms with van der Waals surface area (Å²) in [5.41, 5.74) is 1.37. The third kappa shape index (κ3) is 3.55. The summed E-state index contributed by atoms with van der Waals surface area (Å²) in [6.07, 6.45) is 8.04. The average molecular weight is 294 g/mol.